The highest BCUT2D eigenvalue weighted by molar-refractivity contribution is 7.87. The van der Waals surface area contributed by atoms with E-state index in [9.17, 15) is 8.42 Å². The van der Waals surface area contributed by atoms with Gasteiger partial charge in [-0.2, -0.15) is 8.42 Å². The van der Waals surface area contributed by atoms with Gasteiger partial charge in [0.1, 0.15) is 5.18 Å². The van der Waals surface area contributed by atoms with Gasteiger partial charge in [-0.1, -0.05) is 9.24 Å². The molecule has 0 bridgehead atoms. The first-order valence-electron chi connectivity index (χ1n) is 1.51. The molecule has 0 spiro atoms. The molecule has 0 radical (unpaired) electrons. The van der Waals surface area contributed by atoms with Crippen LogP contribution in [0, 0.1) is 0 Å². The lowest BCUT2D eigenvalue weighted by Gasteiger charge is -1.98. The molecule has 4 nitrogen and oxygen atoms in total. The zero-order valence-electron chi connectivity index (χ0n) is 3.68. The average Bonchev–Trinajstić information content (AvgIpc) is 1.21. The van der Waals surface area contributed by atoms with E-state index in [0.717, 1.165) is 0 Å². The first-order chi connectivity index (χ1) is 3.42. The second-order valence-corrected chi connectivity index (χ2v) is 3.64. The van der Waals surface area contributed by atoms with E-state index < -0.39 is 15.6 Å². The fraction of sp³-hybridized carbons (Fsp3) is 1.00. The molecule has 2 unspecified atom stereocenters. The van der Waals surface area contributed by atoms with Gasteiger partial charge in [0.2, 0.25) is 0 Å². The number of rotatable bonds is 2. The molecule has 0 fully saturated rings. The van der Waals surface area contributed by atoms with Gasteiger partial charge in [0, 0.05) is 0 Å². The van der Waals surface area contributed by atoms with Crippen molar-refractivity contribution in [1.29, 1.82) is 0 Å². The molecule has 0 heterocycles. The van der Waals surface area contributed by atoms with Gasteiger partial charge in [0.05, 0.1) is 0 Å². The van der Waals surface area contributed by atoms with E-state index in [-0.39, 0.29) is 0 Å². The predicted molar refractivity (Wildman–Crippen MR) is 35.1 cm³/mol. The van der Waals surface area contributed by atoms with E-state index in [1.807, 2.05) is 9.24 Å². The zero-order valence-corrected chi connectivity index (χ0v) is 6.55. The van der Waals surface area contributed by atoms with E-state index >= 15 is 0 Å². The SMILES string of the molecule is O=S(=O)(O)OC(P)S. The maximum Gasteiger partial charge on any atom is 0.398 e. The maximum absolute atomic E-state index is 9.71. The molecule has 0 aromatic heterocycles. The molecule has 1 N–H and O–H groups in total. The van der Waals surface area contributed by atoms with E-state index in [4.69, 9.17) is 4.55 Å². The lowest BCUT2D eigenvalue weighted by atomic mass is 11.7. The van der Waals surface area contributed by atoms with Crippen LogP contribution in [0.2, 0.25) is 0 Å². The first-order valence-corrected chi connectivity index (χ1v) is 4.06. The standard InChI is InChI=1S/CH5O4PS2/c2-8(3,4)5-1(6)7/h1,7H,6H2,(H,2,3,4). The second-order valence-electron chi connectivity index (χ2n) is 0.915. The summed E-state index contributed by atoms with van der Waals surface area (Å²) in [6.07, 6.45) is 0. The minimum absolute atomic E-state index is 0.884. The lowest BCUT2D eigenvalue weighted by molar-refractivity contribution is 0.298. The van der Waals surface area contributed by atoms with Crippen LogP contribution in [-0.4, -0.2) is 18.1 Å². The van der Waals surface area contributed by atoms with Crippen LogP contribution in [0.3, 0.4) is 0 Å². The summed E-state index contributed by atoms with van der Waals surface area (Å²) >= 11 is 3.49. The van der Waals surface area contributed by atoms with E-state index in [1.165, 1.54) is 0 Å². The van der Waals surface area contributed by atoms with Gasteiger partial charge in [-0.15, -0.1) is 12.6 Å². The highest BCUT2D eigenvalue weighted by Crippen LogP contribution is 2.08. The molecule has 0 aromatic carbocycles. The predicted octanol–water partition coefficient (Wildman–Crippen LogP) is -0.106. The maximum atomic E-state index is 9.71. The Bertz CT molecular complexity index is 147. The summed E-state index contributed by atoms with van der Waals surface area (Å²) in [6, 6.07) is 0. The van der Waals surface area contributed by atoms with E-state index in [0.29, 0.717) is 0 Å². The Labute approximate surface area is 55.2 Å². The normalized spacial score (nSPS) is 15.9. The average molecular weight is 176 g/mol. The molecule has 0 rings (SSSR count). The van der Waals surface area contributed by atoms with Crippen LogP contribution in [0.1, 0.15) is 0 Å². The van der Waals surface area contributed by atoms with E-state index in [2.05, 4.69) is 16.8 Å². The van der Waals surface area contributed by atoms with Crippen LogP contribution in [-0.2, 0) is 14.6 Å². The highest BCUT2D eigenvalue weighted by atomic mass is 32.3. The van der Waals surface area contributed by atoms with Crippen molar-refractivity contribution in [3.05, 3.63) is 0 Å². The molecular weight excluding hydrogens is 171 g/mol. The minimum Gasteiger partial charge on any atom is -0.263 e. The smallest absolute Gasteiger partial charge is 0.263 e. The largest absolute Gasteiger partial charge is 0.398 e. The fourth-order valence-electron chi connectivity index (χ4n) is 0.125. The van der Waals surface area contributed by atoms with Gasteiger partial charge in [-0.3, -0.25) is 4.55 Å². The summed E-state index contributed by atoms with van der Waals surface area (Å²) in [5, 5.41) is -0.884. The van der Waals surface area contributed by atoms with Crippen molar-refractivity contribution >= 4 is 32.3 Å². The Kier molecular flexibility index (Phi) is 3.23. The Balaban J connectivity index is 3.75. The summed E-state index contributed by atoms with van der Waals surface area (Å²) in [6.45, 7) is 0. The van der Waals surface area contributed by atoms with Crippen LogP contribution in [0.4, 0.5) is 0 Å². The number of hydrogen-bond donors (Lipinski definition) is 2. The molecule has 0 aliphatic heterocycles. The molecule has 0 aliphatic carbocycles. The van der Waals surface area contributed by atoms with Gasteiger partial charge in [0.25, 0.3) is 0 Å². The summed E-state index contributed by atoms with van der Waals surface area (Å²) in [7, 11) is -2.40. The summed E-state index contributed by atoms with van der Waals surface area (Å²) in [4.78, 5) is 0. The summed E-state index contributed by atoms with van der Waals surface area (Å²) < 4.78 is 31.1. The molecule has 8 heavy (non-hydrogen) atoms. The first kappa shape index (κ1) is 8.65. The molecule has 0 aliphatic rings. The number of hydrogen-bond acceptors (Lipinski definition) is 4. The van der Waals surface area contributed by atoms with Crippen molar-refractivity contribution in [3.63, 3.8) is 0 Å². The van der Waals surface area contributed by atoms with Crippen molar-refractivity contribution in [2.24, 2.45) is 0 Å². The fourth-order valence-corrected chi connectivity index (χ4v) is 1.12. The second kappa shape index (κ2) is 2.98. The van der Waals surface area contributed by atoms with Crippen molar-refractivity contribution < 1.29 is 17.2 Å². The van der Waals surface area contributed by atoms with Crippen molar-refractivity contribution in [2.75, 3.05) is 0 Å². The molecule has 0 amide bonds. The third-order valence-electron chi connectivity index (χ3n) is 0.220. The third-order valence-corrected chi connectivity index (χ3v) is 1.25. The van der Waals surface area contributed by atoms with Crippen molar-refractivity contribution in [2.45, 2.75) is 5.18 Å². The lowest BCUT2D eigenvalue weighted by Crippen LogP contribution is -2.05. The van der Waals surface area contributed by atoms with Crippen molar-refractivity contribution in [3.8, 4) is 0 Å². The zero-order chi connectivity index (χ0) is 6.78. The molecule has 7 heteroatoms. The van der Waals surface area contributed by atoms with Crippen LogP contribution < -0.4 is 0 Å². The third kappa shape index (κ3) is 6.65. The van der Waals surface area contributed by atoms with Crippen molar-refractivity contribution in [1.82, 2.24) is 0 Å². The van der Waals surface area contributed by atoms with Gasteiger partial charge in [-0.05, 0) is 0 Å². The summed E-state index contributed by atoms with van der Waals surface area (Å²) in [5.74, 6) is 0. The molecule has 0 saturated heterocycles. The minimum atomic E-state index is -4.32. The highest BCUT2D eigenvalue weighted by Gasteiger charge is 2.06. The Morgan fingerprint density at radius 1 is 1.75 bits per heavy atom. The topological polar surface area (TPSA) is 63.6 Å². The Morgan fingerprint density at radius 3 is 2.12 bits per heavy atom. The van der Waals surface area contributed by atoms with Crippen LogP contribution in [0.15, 0.2) is 0 Å². The molecular formula is CH5O4PS2. The van der Waals surface area contributed by atoms with Gasteiger partial charge in [0.15, 0.2) is 0 Å². The van der Waals surface area contributed by atoms with E-state index in [1.54, 1.807) is 0 Å². The monoisotopic (exact) mass is 176 g/mol. The summed E-state index contributed by atoms with van der Waals surface area (Å²) in [5.41, 5.74) is 0. The van der Waals surface area contributed by atoms with Gasteiger partial charge < -0.3 is 0 Å². The quantitative estimate of drug-likeness (QED) is 0.267. The number of thiol groups is 1. The van der Waals surface area contributed by atoms with Gasteiger partial charge >= 0.3 is 10.4 Å². The van der Waals surface area contributed by atoms with Crippen LogP contribution >= 0.6 is 21.9 Å². The Hall–Kier alpha value is 0.650. The Morgan fingerprint density at radius 2 is 2.12 bits per heavy atom. The molecule has 0 saturated carbocycles. The van der Waals surface area contributed by atoms with Gasteiger partial charge in [-0.25, -0.2) is 4.18 Å². The molecule has 0 aromatic rings. The molecule has 50 valence electrons. The van der Waals surface area contributed by atoms with Crippen LogP contribution in [0.5, 0.6) is 0 Å². The molecule has 2 atom stereocenters. The van der Waals surface area contributed by atoms with Crippen LogP contribution in [0.25, 0.3) is 0 Å².